The molecule has 0 spiro atoms. The number of hydrogen-bond donors (Lipinski definition) is 1. The molecule has 1 aliphatic rings. The highest BCUT2D eigenvalue weighted by molar-refractivity contribution is 7.95. The molecule has 3 rings (SSSR count). The van der Waals surface area contributed by atoms with Gasteiger partial charge >= 0.3 is 10.2 Å². The Balaban J connectivity index is 0.00000243. The lowest BCUT2D eigenvalue weighted by Crippen LogP contribution is -2.35. The first kappa shape index (κ1) is 20.2. The van der Waals surface area contributed by atoms with Crippen molar-refractivity contribution in [1.82, 2.24) is 5.32 Å². The fraction of sp³-hybridized carbons (Fsp3) is 0.222. The van der Waals surface area contributed by atoms with E-state index in [1.165, 1.54) is 16.4 Å². The smallest absolute Gasteiger partial charge is 0.316 e. The maximum Gasteiger partial charge on any atom is 0.331 e. The molecule has 8 heteroatoms. The molecule has 0 aliphatic carbocycles. The molecule has 26 heavy (non-hydrogen) atoms. The highest BCUT2D eigenvalue weighted by Crippen LogP contribution is 2.45. The molecule has 0 radical (unpaired) electrons. The Bertz CT molecular complexity index is 918. The Morgan fingerprint density at radius 1 is 1.08 bits per heavy atom. The lowest BCUT2D eigenvalue weighted by molar-refractivity contribution is 0.592. The third-order valence-corrected chi connectivity index (χ3v) is 5.72. The highest BCUT2D eigenvalue weighted by Gasteiger charge is 2.41. The van der Waals surface area contributed by atoms with Gasteiger partial charge in [0.05, 0.1) is 23.6 Å². The van der Waals surface area contributed by atoms with Gasteiger partial charge in [0, 0.05) is 6.54 Å². The van der Waals surface area contributed by atoms with Crippen LogP contribution in [0.2, 0.25) is 0 Å². The first-order chi connectivity index (χ1) is 12.0. The van der Waals surface area contributed by atoms with E-state index in [9.17, 15) is 12.8 Å². The van der Waals surface area contributed by atoms with Gasteiger partial charge in [-0.25, -0.2) is 13.0 Å². The van der Waals surface area contributed by atoms with Crippen LogP contribution >= 0.6 is 12.4 Å². The number of nitrogens with one attached hydrogen (secondary N) is 1. The predicted molar refractivity (Wildman–Crippen MR) is 106 cm³/mol. The van der Waals surface area contributed by atoms with Crippen molar-refractivity contribution in [2.75, 3.05) is 28.7 Å². The topological polar surface area (TPSA) is 52.6 Å². The Kier molecular flexibility index (Phi) is 6.28. The van der Waals surface area contributed by atoms with Crippen LogP contribution in [0.4, 0.5) is 21.5 Å². The molecule has 1 N–H and O–H groups in total. The van der Waals surface area contributed by atoms with Crippen LogP contribution in [0, 0.1) is 12.7 Å². The van der Waals surface area contributed by atoms with Crippen molar-refractivity contribution in [3.8, 4) is 0 Å². The Morgan fingerprint density at radius 2 is 1.77 bits per heavy atom. The third-order valence-electron chi connectivity index (χ3n) is 3.96. The summed E-state index contributed by atoms with van der Waals surface area (Å²) in [7, 11) is -2.09. The maximum atomic E-state index is 14.5. The van der Waals surface area contributed by atoms with Crippen molar-refractivity contribution < 1.29 is 12.8 Å². The fourth-order valence-corrected chi connectivity index (χ4v) is 4.46. The summed E-state index contributed by atoms with van der Waals surface area (Å²) in [5.41, 5.74) is 1.75. The quantitative estimate of drug-likeness (QED) is 0.785. The summed E-state index contributed by atoms with van der Waals surface area (Å²) in [5, 5.41) is 2.97. The van der Waals surface area contributed by atoms with Crippen molar-refractivity contribution in [2.45, 2.75) is 6.92 Å². The van der Waals surface area contributed by atoms with E-state index in [2.05, 4.69) is 5.32 Å². The third kappa shape index (κ3) is 3.56. The van der Waals surface area contributed by atoms with Crippen LogP contribution in [-0.4, -0.2) is 28.6 Å². The summed E-state index contributed by atoms with van der Waals surface area (Å²) in [4.78, 5) is 0. The standard InChI is InChI=1S/C18H20FN3O2S.ClH/c1-14-9-10-16(15(19)13-14)22-18-8-4-3-7-17(18)21(25(22,23)24)12-6-5-11-20-2;/h3-10,13,20H,11-12H2,1-2H3;1H/b6-5-;. The van der Waals surface area contributed by atoms with Crippen LogP contribution in [0.3, 0.4) is 0 Å². The van der Waals surface area contributed by atoms with E-state index in [0.717, 1.165) is 9.87 Å². The van der Waals surface area contributed by atoms with Gasteiger partial charge in [-0.15, -0.1) is 12.4 Å². The average Bonchev–Trinajstić information content (AvgIpc) is 2.79. The number of fused-ring (bicyclic) bond motifs is 1. The first-order valence-electron chi connectivity index (χ1n) is 7.94. The summed E-state index contributed by atoms with van der Waals surface area (Å²) < 4.78 is 43.0. The maximum absolute atomic E-state index is 14.5. The molecule has 0 fully saturated rings. The van der Waals surface area contributed by atoms with Crippen molar-refractivity contribution in [3.05, 3.63) is 66.0 Å². The molecule has 5 nitrogen and oxygen atoms in total. The van der Waals surface area contributed by atoms with Crippen LogP contribution in [0.1, 0.15) is 5.56 Å². The number of halogens is 2. The van der Waals surface area contributed by atoms with Gasteiger partial charge in [0.2, 0.25) is 0 Å². The van der Waals surface area contributed by atoms with E-state index in [4.69, 9.17) is 0 Å². The lowest BCUT2D eigenvalue weighted by atomic mass is 10.2. The summed E-state index contributed by atoms with van der Waals surface area (Å²) >= 11 is 0. The van der Waals surface area contributed by atoms with E-state index in [1.54, 1.807) is 43.3 Å². The van der Waals surface area contributed by atoms with E-state index in [0.29, 0.717) is 17.9 Å². The van der Waals surface area contributed by atoms with Gasteiger partial charge in [0.15, 0.2) is 0 Å². The molecule has 0 atom stereocenters. The number of anilines is 3. The van der Waals surface area contributed by atoms with Crippen LogP contribution in [-0.2, 0) is 10.2 Å². The Morgan fingerprint density at radius 3 is 2.42 bits per heavy atom. The normalized spacial score (nSPS) is 15.2. The minimum absolute atomic E-state index is 0. The Hall–Kier alpha value is -2.09. The molecule has 0 saturated heterocycles. The molecular formula is C18H21ClFN3O2S. The molecule has 2 aromatic rings. The molecule has 0 bridgehead atoms. The van der Waals surface area contributed by atoms with E-state index >= 15 is 0 Å². The number of rotatable bonds is 5. The van der Waals surface area contributed by atoms with Gasteiger partial charge in [-0.1, -0.05) is 30.4 Å². The lowest BCUT2D eigenvalue weighted by Gasteiger charge is -2.21. The summed E-state index contributed by atoms with van der Waals surface area (Å²) in [5.74, 6) is -0.564. The molecule has 0 amide bonds. The van der Waals surface area contributed by atoms with E-state index in [-0.39, 0.29) is 24.6 Å². The SMILES string of the molecule is CNC/C=C\CN1c2ccccc2N(c2ccc(C)cc2F)S1(=O)=O.Cl. The molecule has 1 aliphatic heterocycles. The molecule has 140 valence electrons. The second kappa shape index (κ2) is 8.07. The van der Waals surface area contributed by atoms with Crippen molar-refractivity contribution in [2.24, 2.45) is 0 Å². The summed E-state index contributed by atoms with van der Waals surface area (Å²) in [6.45, 7) is 2.59. The van der Waals surface area contributed by atoms with Gasteiger partial charge in [-0.05, 0) is 43.8 Å². The van der Waals surface area contributed by atoms with Crippen molar-refractivity contribution >= 4 is 39.7 Å². The number of benzene rings is 2. The number of para-hydroxylation sites is 2. The van der Waals surface area contributed by atoms with Crippen LogP contribution in [0.25, 0.3) is 0 Å². The first-order valence-corrected chi connectivity index (χ1v) is 9.34. The monoisotopic (exact) mass is 397 g/mol. The number of aryl methyl sites for hydroxylation is 1. The second-order valence-electron chi connectivity index (χ2n) is 5.78. The van der Waals surface area contributed by atoms with Crippen LogP contribution < -0.4 is 13.9 Å². The summed E-state index contributed by atoms with van der Waals surface area (Å²) in [6.07, 6.45) is 3.63. The van der Waals surface area contributed by atoms with Gasteiger partial charge in [-0.3, -0.25) is 0 Å². The van der Waals surface area contributed by atoms with E-state index < -0.39 is 16.0 Å². The second-order valence-corrected chi connectivity index (χ2v) is 7.48. The van der Waals surface area contributed by atoms with Crippen molar-refractivity contribution in [1.29, 1.82) is 0 Å². The van der Waals surface area contributed by atoms with Crippen LogP contribution in [0.5, 0.6) is 0 Å². The zero-order valence-electron chi connectivity index (χ0n) is 14.5. The molecule has 0 unspecified atom stereocenters. The van der Waals surface area contributed by atoms with Gasteiger partial charge in [-0.2, -0.15) is 8.42 Å². The zero-order valence-corrected chi connectivity index (χ0v) is 16.1. The van der Waals surface area contributed by atoms with Gasteiger partial charge in [0.25, 0.3) is 0 Å². The molecule has 0 aromatic heterocycles. The Labute approximate surface area is 159 Å². The highest BCUT2D eigenvalue weighted by atomic mass is 35.5. The summed E-state index contributed by atoms with van der Waals surface area (Å²) in [6, 6.07) is 11.5. The molecule has 1 heterocycles. The molecular weight excluding hydrogens is 377 g/mol. The number of hydrogen-bond acceptors (Lipinski definition) is 3. The zero-order chi connectivity index (χ0) is 18.0. The van der Waals surface area contributed by atoms with Gasteiger partial charge < -0.3 is 5.32 Å². The fourth-order valence-electron chi connectivity index (χ4n) is 2.79. The molecule has 0 saturated carbocycles. The minimum Gasteiger partial charge on any atom is -0.316 e. The van der Waals surface area contributed by atoms with Crippen LogP contribution in [0.15, 0.2) is 54.6 Å². The van der Waals surface area contributed by atoms with Gasteiger partial charge in [0.1, 0.15) is 5.82 Å². The number of likely N-dealkylation sites (N-methyl/N-ethyl adjacent to an activating group) is 1. The number of nitrogens with zero attached hydrogens (tertiary/aromatic N) is 2. The molecule has 2 aromatic carbocycles. The average molecular weight is 398 g/mol. The van der Waals surface area contributed by atoms with Crippen molar-refractivity contribution in [3.63, 3.8) is 0 Å². The predicted octanol–water partition coefficient (Wildman–Crippen LogP) is 3.53. The van der Waals surface area contributed by atoms with E-state index in [1.807, 2.05) is 13.1 Å². The largest absolute Gasteiger partial charge is 0.331 e. The minimum atomic E-state index is -3.91.